The molecule has 0 aliphatic carbocycles. The van der Waals surface area contributed by atoms with E-state index in [-0.39, 0.29) is 5.91 Å². The van der Waals surface area contributed by atoms with E-state index in [2.05, 4.69) is 19.9 Å². The average molecular weight is 386 g/mol. The molecule has 2 aromatic carbocycles. The zero-order chi connectivity index (χ0) is 20.4. The number of fused-ring (bicyclic) bond motifs is 1. The molecule has 1 amide bonds. The molecule has 0 unspecified atom stereocenters. The third-order valence-electron chi connectivity index (χ3n) is 4.92. The standard InChI is InChI=1S/C23H22N4O2/c1-15-21(12-18-7-8-20(29-3)13-22(18)25-15)23(28)26-19-6-4-5-17(11-19)14-27-10-9-24-16(27)2/h4-13H,14H2,1-3H3,(H,26,28). The highest BCUT2D eigenvalue weighted by Gasteiger charge is 2.13. The summed E-state index contributed by atoms with van der Waals surface area (Å²) in [5.41, 5.74) is 3.87. The van der Waals surface area contributed by atoms with Gasteiger partial charge in [-0.3, -0.25) is 9.78 Å². The molecule has 0 fully saturated rings. The van der Waals surface area contributed by atoms with E-state index in [0.29, 0.717) is 17.8 Å². The summed E-state index contributed by atoms with van der Waals surface area (Å²) in [4.78, 5) is 21.7. The van der Waals surface area contributed by atoms with Crippen molar-refractivity contribution >= 4 is 22.5 Å². The molecule has 0 bridgehead atoms. The van der Waals surface area contributed by atoms with Crippen LogP contribution in [0.2, 0.25) is 0 Å². The number of hydrogen-bond acceptors (Lipinski definition) is 4. The number of carbonyl (C=O) groups is 1. The number of ether oxygens (including phenoxy) is 1. The van der Waals surface area contributed by atoms with Crippen LogP contribution in [0.4, 0.5) is 5.69 Å². The number of amides is 1. The van der Waals surface area contributed by atoms with Crippen molar-refractivity contribution in [3.8, 4) is 5.75 Å². The van der Waals surface area contributed by atoms with Crippen LogP contribution in [0, 0.1) is 13.8 Å². The molecule has 4 aromatic rings. The number of benzene rings is 2. The molecule has 0 aliphatic rings. The molecule has 29 heavy (non-hydrogen) atoms. The topological polar surface area (TPSA) is 69.0 Å². The van der Waals surface area contributed by atoms with Gasteiger partial charge in [0.2, 0.25) is 0 Å². The van der Waals surface area contributed by atoms with Crippen LogP contribution >= 0.6 is 0 Å². The number of methoxy groups -OCH3 is 1. The van der Waals surface area contributed by atoms with Crippen LogP contribution in [0.15, 0.2) is 60.9 Å². The van der Waals surface area contributed by atoms with E-state index in [0.717, 1.165) is 33.7 Å². The average Bonchev–Trinajstić information content (AvgIpc) is 3.11. The molecule has 0 saturated carbocycles. The first-order valence-corrected chi connectivity index (χ1v) is 9.37. The lowest BCUT2D eigenvalue weighted by molar-refractivity contribution is 0.102. The van der Waals surface area contributed by atoms with Gasteiger partial charge in [-0.1, -0.05) is 12.1 Å². The second-order valence-corrected chi connectivity index (χ2v) is 6.94. The van der Waals surface area contributed by atoms with Crippen molar-refractivity contribution in [2.24, 2.45) is 0 Å². The molecule has 1 N–H and O–H groups in total. The van der Waals surface area contributed by atoms with Crippen LogP contribution in [0.25, 0.3) is 10.9 Å². The van der Waals surface area contributed by atoms with Crippen LogP contribution < -0.4 is 10.1 Å². The van der Waals surface area contributed by atoms with Crippen LogP contribution in [0.5, 0.6) is 5.75 Å². The number of aromatic nitrogens is 3. The molecule has 6 heteroatoms. The number of nitrogens with zero attached hydrogens (tertiary/aromatic N) is 3. The first-order chi connectivity index (χ1) is 14.0. The van der Waals surface area contributed by atoms with E-state index < -0.39 is 0 Å². The highest BCUT2D eigenvalue weighted by atomic mass is 16.5. The first kappa shape index (κ1) is 18.7. The number of hydrogen-bond donors (Lipinski definition) is 1. The lowest BCUT2D eigenvalue weighted by Crippen LogP contribution is -2.14. The largest absolute Gasteiger partial charge is 0.497 e. The number of pyridine rings is 1. The van der Waals surface area contributed by atoms with Crippen molar-refractivity contribution in [3.63, 3.8) is 0 Å². The van der Waals surface area contributed by atoms with Crippen LogP contribution in [-0.2, 0) is 6.54 Å². The Labute approximate surface area is 169 Å². The van der Waals surface area contributed by atoms with Gasteiger partial charge in [0.15, 0.2) is 0 Å². The Bertz CT molecular complexity index is 1200. The minimum atomic E-state index is -0.177. The van der Waals surface area contributed by atoms with Crippen molar-refractivity contribution in [2.45, 2.75) is 20.4 Å². The number of aryl methyl sites for hydroxylation is 2. The van der Waals surface area contributed by atoms with Gasteiger partial charge in [-0.15, -0.1) is 0 Å². The van der Waals surface area contributed by atoms with Gasteiger partial charge in [0.1, 0.15) is 11.6 Å². The summed E-state index contributed by atoms with van der Waals surface area (Å²) in [6, 6.07) is 15.3. The molecule has 146 valence electrons. The van der Waals surface area contributed by atoms with Crippen LogP contribution in [-0.4, -0.2) is 27.6 Å². The van der Waals surface area contributed by atoms with Crippen molar-refractivity contribution in [2.75, 3.05) is 12.4 Å². The Morgan fingerprint density at radius 3 is 2.76 bits per heavy atom. The van der Waals surface area contributed by atoms with Crippen molar-refractivity contribution in [1.82, 2.24) is 14.5 Å². The summed E-state index contributed by atoms with van der Waals surface area (Å²) in [6.07, 6.45) is 3.73. The zero-order valence-electron chi connectivity index (χ0n) is 16.6. The lowest BCUT2D eigenvalue weighted by atomic mass is 10.1. The van der Waals surface area contributed by atoms with Gasteiger partial charge < -0.3 is 14.6 Å². The fourth-order valence-electron chi connectivity index (χ4n) is 3.31. The summed E-state index contributed by atoms with van der Waals surface area (Å²) in [6.45, 7) is 4.51. The molecule has 0 aliphatic heterocycles. The van der Waals surface area contributed by atoms with Crippen LogP contribution in [0.1, 0.15) is 27.4 Å². The van der Waals surface area contributed by atoms with E-state index in [1.165, 1.54) is 0 Å². The van der Waals surface area contributed by atoms with Crippen molar-refractivity contribution < 1.29 is 9.53 Å². The number of carbonyl (C=O) groups excluding carboxylic acids is 1. The molecule has 0 spiro atoms. The predicted molar refractivity (Wildman–Crippen MR) is 113 cm³/mol. The molecule has 2 heterocycles. The van der Waals surface area contributed by atoms with Gasteiger partial charge in [0, 0.05) is 36.1 Å². The molecule has 4 rings (SSSR count). The molecule has 0 atom stereocenters. The number of rotatable bonds is 5. The van der Waals surface area contributed by atoms with Gasteiger partial charge in [0.25, 0.3) is 5.91 Å². The Balaban J connectivity index is 1.57. The van der Waals surface area contributed by atoms with E-state index in [4.69, 9.17) is 4.74 Å². The molecular formula is C23H22N4O2. The Kier molecular flexibility index (Phi) is 4.99. The molecular weight excluding hydrogens is 364 g/mol. The Morgan fingerprint density at radius 1 is 1.14 bits per heavy atom. The van der Waals surface area contributed by atoms with E-state index >= 15 is 0 Å². The summed E-state index contributed by atoms with van der Waals surface area (Å²) in [7, 11) is 1.62. The van der Waals surface area contributed by atoms with Gasteiger partial charge in [-0.25, -0.2) is 4.98 Å². The number of anilines is 1. The lowest BCUT2D eigenvalue weighted by Gasteiger charge is -2.11. The zero-order valence-corrected chi connectivity index (χ0v) is 16.6. The van der Waals surface area contributed by atoms with E-state index in [9.17, 15) is 4.79 Å². The fourth-order valence-corrected chi connectivity index (χ4v) is 3.31. The van der Waals surface area contributed by atoms with Crippen molar-refractivity contribution in [3.05, 3.63) is 83.6 Å². The van der Waals surface area contributed by atoms with Gasteiger partial charge in [-0.05, 0) is 49.7 Å². The van der Waals surface area contributed by atoms with E-state index in [1.54, 1.807) is 13.3 Å². The minimum Gasteiger partial charge on any atom is -0.497 e. The molecule has 2 aromatic heterocycles. The monoisotopic (exact) mass is 386 g/mol. The summed E-state index contributed by atoms with van der Waals surface area (Å²) >= 11 is 0. The van der Waals surface area contributed by atoms with Gasteiger partial charge in [0.05, 0.1) is 23.9 Å². The maximum atomic E-state index is 12.9. The fraction of sp³-hybridized carbons (Fsp3) is 0.174. The highest BCUT2D eigenvalue weighted by molar-refractivity contribution is 6.06. The quantitative estimate of drug-likeness (QED) is 0.553. The Hall–Kier alpha value is -3.67. The molecule has 0 radical (unpaired) electrons. The maximum absolute atomic E-state index is 12.9. The van der Waals surface area contributed by atoms with Gasteiger partial charge >= 0.3 is 0 Å². The van der Waals surface area contributed by atoms with E-state index in [1.807, 2.05) is 68.6 Å². The molecule has 6 nitrogen and oxygen atoms in total. The second-order valence-electron chi connectivity index (χ2n) is 6.94. The number of imidazole rings is 1. The van der Waals surface area contributed by atoms with Crippen LogP contribution in [0.3, 0.4) is 0 Å². The SMILES string of the molecule is COc1ccc2cc(C(=O)Nc3cccc(Cn4ccnc4C)c3)c(C)nc2c1. The molecule has 0 saturated heterocycles. The third kappa shape index (κ3) is 3.96. The normalized spacial score (nSPS) is 10.9. The maximum Gasteiger partial charge on any atom is 0.257 e. The number of nitrogens with one attached hydrogen (secondary N) is 1. The predicted octanol–water partition coefficient (Wildman–Crippen LogP) is 4.36. The summed E-state index contributed by atoms with van der Waals surface area (Å²) in [5, 5.41) is 3.89. The van der Waals surface area contributed by atoms with Crippen molar-refractivity contribution in [1.29, 1.82) is 0 Å². The minimum absolute atomic E-state index is 0.177. The summed E-state index contributed by atoms with van der Waals surface area (Å²) in [5.74, 6) is 1.52. The second kappa shape index (κ2) is 7.75. The smallest absolute Gasteiger partial charge is 0.257 e. The third-order valence-corrected chi connectivity index (χ3v) is 4.92. The Morgan fingerprint density at radius 2 is 2.00 bits per heavy atom. The first-order valence-electron chi connectivity index (χ1n) is 9.37. The summed E-state index contributed by atoms with van der Waals surface area (Å²) < 4.78 is 7.31. The van der Waals surface area contributed by atoms with Gasteiger partial charge in [-0.2, -0.15) is 0 Å². The highest BCUT2D eigenvalue weighted by Crippen LogP contribution is 2.22.